The van der Waals surface area contributed by atoms with E-state index in [1.54, 1.807) is 0 Å². The lowest BCUT2D eigenvalue weighted by molar-refractivity contribution is -0.132. The van der Waals surface area contributed by atoms with Crippen molar-refractivity contribution >= 4 is 17.5 Å². The molecule has 0 bridgehead atoms. The number of piperazine rings is 1. The minimum atomic E-state index is 0.265. The number of nitrogens with one attached hydrogen (secondary N) is 1. The van der Waals surface area contributed by atoms with Crippen LogP contribution in [-0.2, 0) is 11.3 Å². The Labute approximate surface area is 132 Å². The summed E-state index contributed by atoms with van der Waals surface area (Å²) in [6.45, 7) is 8.18. The monoisotopic (exact) mass is 309 g/mol. The van der Waals surface area contributed by atoms with Crippen molar-refractivity contribution in [3.05, 3.63) is 34.9 Å². The molecule has 1 saturated heterocycles. The Balaban J connectivity index is 1.80. The van der Waals surface area contributed by atoms with Gasteiger partial charge in [0.1, 0.15) is 0 Å². The van der Waals surface area contributed by atoms with Crippen LogP contribution < -0.4 is 5.32 Å². The molecule has 0 unspecified atom stereocenters. The fraction of sp³-hybridized carbons (Fsp3) is 0.562. The second-order valence-electron chi connectivity index (χ2n) is 5.38. The van der Waals surface area contributed by atoms with Gasteiger partial charge in [-0.15, -0.1) is 0 Å². The molecule has 1 N–H and O–H groups in total. The number of carbonyl (C=O) groups excluding carboxylic acids is 1. The summed E-state index contributed by atoms with van der Waals surface area (Å²) in [7, 11) is 0. The molecule has 116 valence electrons. The quantitative estimate of drug-likeness (QED) is 0.873. The summed E-state index contributed by atoms with van der Waals surface area (Å²) in [5.74, 6) is 0.265. The second kappa shape index (κ2) is 8.37. The molecule has 1 heterocycles. The van der Waals surface area contributed by atoms with E-state index in [0.29, 0.717) is 6.42 Å². The Bertz CT molecular complexity index is 461. The zero-order valence-electron chi connectivity index (χ0n) is 12.6. The SMILES string of the molecule is CCN(CCC(=O)N1CCNCC1)Cc1cccc(Cl)c1. The van der Waals surface area contributed by atoms with Crippen LogP contribution in [0.5, 0.6) is 0 Å². The molecule has 1 fully saturated rings. The number of amides is 1. The van der Waals surface area contributed by atoms with E-state index in [1.165, 1.54) is 5.56 Å². The Morgan fingerprint density at radius 1 is 1.38 bits per heavy atom. The summed E-state index contributed by atoms with van der Waals surface area (Å²) in [6, 6.07) is 7.92. The molecule has 0 radical (unpaired) electrons. The van der Waals surface area contributed by atoms with Crippen molar-refractivity contribution < 1.29 is 4.79 Å². The first kappa shape index (κ1) is 16.3. The highest BCUT2D eigenvalue weighted by atomic mass is 35.5. The Hall–Kier alpha value is -1.10. The number of rotatable bonds is 6. The van der Waals surface area contributed by atoms with Crippen LogP contribution in [0.15, 0.2) is 24.3 Å². The number of carbonyl (C=O) groups is 1. The first-order valence-electron chi connectivity index (χ1n) is 7.64. The average molecular weight is 310 g/mol. The Kier molecular flexibility index (Phi) is 6.49. The van der Waals surface area contributed by atoms with Crippen LogP contribution in [0.2, 0.25) is 5.02 Å². The van der Waals surface area contributed by atoms with Crippen molar-refractivity contribution in [2.45, 2.75) is 19.9 Å². The lowest BCUT2D eigenvalue weighted by Gasteiger charge is -2.28. The summed E-state index contributed by atoms with van der Waals surface area (Å²) in [6.07, 6.45) is 0.592. The third-order valence-corrected chi connectivity index (χ3v) is 4.09. The largest absolute Gasteiger partial charge is 0.340 e. The molecular weight excluding hydrogens is 286 g/mol. The van der Waals surface area contributed by atoms with Crippen molar-refractivity contribution in [1.29, 1.82) is 0 Å². The van der Waals surface area contributed by atoms with E-state index in [9.17, 15) is 4.79 Å². The summed E-state index contributed by atoms with van der Waals surface area (Å²) in [5, 5.41) is 4.03. The van der Waals surface area contributed by atoms with Crippen LogP contribution >= 0.6 is 11.6 Å². The summed E-state index contributed by atoms with van der Waals surface area (Å²) < 4.78 is 0. The normalized spacial score (nSPS) is 15.5. The lowest BCUT2D eigenvalue weighted by Crippen LogP contribution is -2.47. The Morgan fingerprint density at radius 2 is 2.14 bits per heavy atom. The molecule has 0 aromatic heterocycles. The molecular formula is C16H24ClN3O. The molecule has 5 heteroatoms. The maximum atomic E-state index is 12.2. The van der Waals surface area contributed by atoms with Crippen molar-refractivity contribution in [3.8, 4) is 0 Å². The van der Waals surface area contributed by atoms with E-state index < -0.39 is 0 Å². The minimum absolute atomic E-state index is 0.265. The molecule has 1 aliphatic rings. The zero-order valence-corrected chi connectivity index (χ0v) is 13.4. The highest BCUT2D eigenvalue weighted by Gasteiger charge is 2.16. The Morgan fingerprint density at radius 3 is 2.81 bits per heavy atom. The van der Waals surface area contributed by atoms with Gasteiger partial charge >= 0.3 is 0 Å². The first-order chi connectivity index (χ1) is 10.2. The molecule has 21 heavy (non-hydrogen) atoms. The maximum Gasteiger partial charge on any atom is 0.223 e. The second-order valence-corrected chi connectivity index (χ2v) is 5.82. The topological polar surface area (TPSA) is 35.6 Å². The molecule has 1 aliphatic heterocycles. The summed E-state index contributed by atoms with van der Waals surface area (Å²) in [4.78, 5) is 16.4. The third-order valence-electron chi connectivity index (χ3n) is 3.85. The number of nitrogens with zero attached hydrogens (tertiary/aromatic N) is 2. The molecule has 4 nitrogen and oxygen atoms in total. The van der Waals surface area contributed by atoms with Gasteiger partial charge in [-0.25, -0.2) is 0 Å². The fourth-order valence-electron chi connectivity index (χ4n) is 2.57. The van der Waals surface area contributed by atoms with Gasteiger partial charge in [-0.2, -0.15) is 0 Å². The predicted molar refractivity (Wildman–Crippen MR) is 86.5 cm³/mol. The van der Waals surface area contributed by atoms with Gasteiger partial charge in [0.15, 0.2) is 0 Å². The van der Waals surface area contributed by atoms with Crippen molar-refractivity contribution in [2.24, 2.45) is 0 Å². The van der Waals surface area contributed by atoms with Crippen LogP contribution in [0.25, 0.3) is 0 Å². The van der Waals surface area contributed by atoms with Crippen LogP contribution in [0.4, 0.5) is 0 Å². The van der Waals surface area contributed by atoms with Gasteiger partial charge in [0, 0.05) is 50.7 Å². The molecule has 0 spiro atoms. The predicted octanol–water partition coefficient (Wildman–Crippen LogP) is 1.98. The standard InChI is InChI=1S/C16H24ClN3O/c1-2-19(13-14-4-3-5-15(17)12-14)9-6-16(21)20-10-7-18-8-11-20/h3-5,12,18H,2,6-11,13H2,1H3. The third kappa shape index (κ3) is 5.30. The van der Waals surface area contributed by atoms with Crippen LogP contribution in [0.3, 0.4) is 0 Å². The van der Waals surface area contributed by atoms with Crippen molar-refractivity contribution in [3.63, 3.8) is 0 Å². The highest BCUT2D eigenvalue weighted by Crippen LogP contribution is 2.13. The van der Waals surface area contributed by atoms with E-state index in [0.717, 1.165) is 50.8 Å². The average Bonchev–Trinajstić information content (AvgIpc) is 2.52. The van der Waals surface area contributed by atoms with Gasteiger partial charge in [-0.05, 0) is 24.2 Å². The number of benzene rings is 1. The van der Waals surface area contributed by atoms with E-state index in [1.807, 2.05) is 23.1 Å². The number of hydrogen-bond acceptors (Lipinski definition) is 3. The molecule has 0 saturated carbocycles. The van der Waals surface area contributed by atoms with Gasteiger partial charge < -0.3 is 10.2 Å². The van der Waals surface area contributed by atoms with Crippen LogP contribution in [0.1, 0.15) is 18.9 Å². The van der Waals surface area contributed by atoms with Crippen LogP contribution in [-0.4, -0.2) is 55.0 Å². The number of halogens is 1. The van der Waals surface area contributed by atoms with Gasteiger partial charge in [-0.1, -0.05) is 30.7 Å². The summed E-state index contributed by atoms with van der Waals surface area (Å²) in [5.41, 5.74) is 1.19. The number of hydrogen-bond donors (Lipinski definition) is 1. The summed E-state index contributed by atoms with van der Waals surface area (Å²) >= 11 is 6.02. The lowest BCUT2D eigenvalue weighted by atomic mass is 10.2. The van der Waals surface area contributed by atoms with Gasteiger partial charge in [0.25, 0.3) is 0 Å². The van der Waals surface area contributed by atoms with Crippen LogP contribution in [0, 0.1) is 0 Å². The van der Waals surface area contributed by atoms with E-state index in [-0.39, 0.29) is 5.91 Å². The molecule has 1 amide bonds. The maximum absolute atomic E-state index is 12.2. The minimum Gasteiger partial charge on any atom is -0.340 e. The zero-order chi connectivity index (χ0) is 15.1. The smallest absolute Gasteiger partial charge is 0.223 e. The molecule has 0 atom stereocenters. The first-order valence-corrected chi connectivity index (χ1v) is 8.02. The van der Waals surface area contributed by atoms with Crippen molar-refractivity contribution in [2.75, 3.05) is 39.3 Å². The molecule has 1 aromatic carbocycles. The molecule has 1 aromatic rings. The van der Waals surface area contributed by atoms with E-state index >= 15 is 0 Å². The van der Waals surface area contributed by atoms with Gasteiger partial charge in [0.05, 0.1) is 0 Å². The van der Waals surface area contributed by atoms with Crippen molar-refractivity contribution in [1.82, 2.24) is 15.1 Å². The van der Waals surface area contributed by atoms with Gasteiger partial charge in [-0.3, -0.25) is 9.69 Å². The highest BCUT2D eigenvalue weighted by molar-refractivity contribution is 6.30. The van der Waals surface area contributed by atoms with Gasteiger partial charge in [0.2, 0.25) is 5.91 Å². The fourth-order valence-corrected chi connectivity index (χ4v) is 2.78. The molecule has 2 rings (SSSR count). The van der Waals surface area contributed by atoms with E-state index in [2.05, 4.69) is 23.2 Å². The van der Waals surface area contributed by atoms with E-state index in [4.69, 9.17) is 11.6 Å². The molecule has 0 aliphatic carbocycles.